The molecule has 9 nitrogen and oxygen atoms in total. The number of benzene rings is 4. The van der Waals surface area contributed by atoms with Crippen molar-refractivity contribution in [2.45, 2.75) is 64.1 Å². The number of amides is 3. The fourth-order valence-corrected chi connectivity index (χ4v) is 6.16. The third kappa shape index (κ3) is 6.49. The minimum absolute atomic E-state index is 0.0178. The first-order chi connectivity index (χ1) is 21.9. The SMILES string of the molecule is CCCC[C@H]1ON(C(=O)OCc2cccc3ccccc23)C2CN(Cc3ccccc3)C(=O)[C@H](Cc3ccc(O)cc3)N2C1=O. The van der Waals surface area contributed by atoms with E-state index in [9.17, 15) is 19.5 Å². The quantitative estimate of drug-likeness (QED) is 0.258. The number of rotatable bonds is 9. The Kier molecular flexibility index (Phi) is 8.98. The molecule has 45 heavy (non-hydrogen) atoms. The number of ether oxygens (including phenoxy) is 1. The van der Waals surface area contributed by atoms with Crippen LogP contribution in [0.3, 0.4) is 0 Å². The normalized spacial score (nSPS) is 19.9. The van der Waals surface area contributed by atoms with Gasteiger partial charge in [-0.3, -0.25) is 14.4 Å². The molecule has 4 aromatic rings. The second-order valence-corrected chi connectivity index (χ2v) is 11.6. The number of carbonyl (C=O) groups is 3. The zero-order valence-corrected chi connectivity index (χ0v) is 25.2. The van der Waals surface area contributed by atoms with Crippen LogP contribution in [0.1, 0.15) is 42.9 Å². The Labute approximate surface area is 262 Å². The zero-order chi connectivity index (χ0) is 31.3. The number of phenols is 1. The second-order valence-electron chi connectivity index (χ2n) is 11.6. The number of hydrogen-bond donors (Lipinski definition) is 1. The van der Waals surface area contributed by atoms with Gasteiger partial charge in [-0.1, -0.05) is 105 Å². The summed E-state index contributed by atoms with van der Waals surface area (Å²) in [5.41, 5.74) is 2.56. The van der Waals surface area contributed by atoms with Crippen LogP contribution in [0.5, 0.6) is 5.75 Å². The molecular formula is C36H37N3O6. The summed E-state index contributed by atoms with van der Waals surface area (Å²) in [4.78, 5) is 51.4. The minimum atomic E-state index is -0.929. The molecule has 0 saturated carbocycles. The molecule has 6 rings (SSSR count). The lowest BCUT2D eigenvalue weighted by Crippen LogP contribution is -2.73. The van der Waals surface area contributed by atoms with Crippen LogP contribution in [-0.2, 0) is 38.7 Å². The van der Waals surface area contributed by atoms with Gasteiger partial charge in [0.2, 0.25) is 5.91 Å². The average molecular weight is 608 g/mol. The zero-order valence-electron chi connectivity index (χ0n) is 25.2. The molecule has 3 amide bonds. The molecule has 232 valence electrons. The van der Waals surface area contributed by atoms with Crippen LogP contribution in [0.25, 0.3) is 10.8 Å². The van der Waals surface area contributed by atoms with Crippen molar-refractivity contribution in [2.24, 2.45) is 0 Å². The number of carbonyl (C=O) groups excluding carboxylic acids is 3. The molecule has 2 heterocycles. The monoisotopic (exact) mass is 607 g/mol. The number of unbranched alkanes of at least 4 members (excludes halogenated alkanes) is 1. The Morgan fingerprint density at radius 1 is 0.889 bits per heavy atom. The maximum atomic E-state index is 14.1. The molecule has 3 atom stereocenters. The summed E-state index contributed by atoms with van der Waals surface area (Å²) in [6.07, 6.45) is -0.371. The summed E-state index contributed by atoms with van der Waals surface area (Å²) in [6.45, 7) is 2.41. The number of phenolic OH excluding ortho intramolecular Hbond substituents is 1. The van der Waals surface area contributed by atoms with Gasteiger partial charge in [0.25, 0.3) is 5.91 Å². The van der Waals surface area contributed by atoms with Crippen LogP contribution >= 0.6 is 0 Å². The average Bonchev–Trinajstić information content (AvgIpc) is 3.06. The fourth-order valence-electron chi connectivity index (χ4n) is 6.16. The Balaban J connectivity index is 1.33. The van der Waals surface area contributed by atoms with Gasteiger partial charge in [0.15, 0.2) is 12.3 Å². The summed E-state index contributed by atoms with van der Waals surface area (Å²) >= 11 is 0. The number of nitrogens with zero attached hydrogens (tertiary/aromatic N) is 3. The van der Waals surface area contributed by atoms with Crippen LogP contribution in [0, 0.1) is 0 Å². The van der Waals surface area contributed by atoms with Crippen LogP contribution in [0.2, 0.25) is 0 Å². The molecule has 0 radical (unpaired) electrons. The number of piperazine rings is 1. The molecule has 2 aliphatic heterocycles. The Morgan fingerprint density at radius 3 is 2.40 bits per heavy atom. The molecule has 4 aromatic carbocycles. The first-order valence-corrected chi connectivity index (χ1v) is 15.4. The molecule has 0 aliphatic carbocycles. The molecule has 2 fully saturated rings. The Hall–Kier alpha value is -4.89. The summed E-state index contributed by atoms with van der Waals surface area (Å²) in [7, 11) is 0. The Morgan fingerprint density at radius 2 is 1.62 bits per heavy atom. The molecule has 9 heteroatoms. The van der Waals surface area contributed by atoms with Gasteiger partial charge in [-0.15, -0.1) is 0 Å². The lowest BCUT2D eigenvalue weighted by Gasteiger charge is -2.52. The number of hydrogen-bond acceptors (Lipinski definition) is 6. The van der Waals surface area contributed by atoms with Crippen molar-refractivity contribution in [2.75, 3.05) is 6.54 Å². The largest absolute Gasteiger partial charge is 0.508 e. The van der Waals surface area contributed by atoms with Crippen molar-refractivity contribution in [1.29, 1.82) is 0 Å². The maximum absolute atomic E-state index is 14.1. The number of fused-ring (bicyclic) bond motifs is 2. The van der Waals surface area contributed by atoms with Gasteiger partial charge in [-0.05, 0) is 46.0 Å². The first kappa shape index (κ1) is 30.1. The third-order valence-electron chi connectivity index (χ3n) is 8.49. The van der Waals surface area contributed by atoms with Gasteiger partial charge in [-0.25, -0.2) is 4.79 Å². The topological polar surface area (TPSA) is 99.6 Å². The molecule has 0 spiro atoms. The lowest BCUT2D eigenvalue weighted by molar-refractivity contribution is -0.268. The highest BCUT2D eigenvalue weighted by molar-refractivity contribution is 5.92. The van der Waals surface area contributed by atoms with Gasteiger partial charge >= 0.3 is 6.09 Å². The van der Waals surface area contributed by atoms with Crippen LogP contribution in [-0.4, -0.2) is 62.7 Å². The smallest absolute Gasteiger partial charge is 0.436 e. The van der Waals surface area contributed by atoms with Crippen molar-refractivity contribution in [3.63, 3.8) is 0 Å². The van der Waals surface area contributed by atoms with Crippen LogP contribution < -0.4 is 0 Å². The van der Waals surface area contributed by atoms with Crippen molar-refractivity contribution in [1.82, 2.24) is 14.9 Å². The van der Waals surface area contributed by atoms with Gasteiger partial charge < -0.3 is 19.6 Å². The summed E-state index contributed by atoms with van der Waals surface area (Å²) in [6, 6.07) is 29.1. The number of hydroxylamine groups is 2. The van der Waals surface area contributed by atoms with Crippen molar-refractivity contribution in [3.05, 3.63) is 114 Å². The van der Waals surface area contributed by atoms with E-state index in [0.717, 1.165) is 33.9 Å². The highest BCUT2D eigenvalue weighted by atomic mass is 16.7. The maximum Gasteiger partial charge on any atom is 0.436 e. The van der Waals surface area contributed by atoms with Crippen molar-refractivity contribution in [3.8, 4) is 5.75 Å². The van der Waals surface area contributed by atoms with E-state index >= 15 is 0 Å². The van der Waals surface area contributed by atoms with E-state index in [2.05, 4.69) is 0 Å². The van der Waals surface area contributed by atoms with Gasteiger partial charge in [0, 0.05) is 13.0 Å². The van der Waals surface area contributed by atoms with E-state index in [1.54, 1.807) is 29.2 Å². The summed E-state index contributed by atoms with van der Waals surface area (Å²) < 4.78 is 5.85. The highest BCUT2D eigenvalue weighted by Crippen LogP contribution is 2.32. The van der Waals surface area contributed by atoms with Crippen LogP contribution in [0.4, 0.5) is 4.79 Å². The van der Waals surface area contributed by atoms with E-state index < -0.39 is 24.4 Å². The highest BCUT2D eigenvalue weighted by Gasteiger charge is 2.53. The van der Waals surface area contributed by atoms with Crippen LogP contribution in [0.15, 0.2) is 97.1 Å². The standard InChI is InChI=1S/C36H37N3O6/c1-2-3-16-32-35(42)38-31(21-25-17-19-29(40)20-18-25)34(41)37(22-26-10-5-4-6-11-26)23-33(38)39(45-32)36(43)44-24-28-14-9-13-27-12-7-8-15-30(27)28/h4-15,17-20,31-33,40H,2-3,16,21-24H2,1H3/t31-,32+,33?/m0/s1. The van der Waals surface area contributed by atoms with E-state index in [4.69, 9.17) is 9.57 Å². The van der Waals surface area contributed by atoms with Gasteiger partial charge in [0.1, 0.15) is 18.4 Å². The number of aromatic hydroxyl groups is 1. The van der Waals surface area contributed by atoms with Crippen molar-refractivity contribution < 1.29 is 29.1 Å². The summed E-state index contributed by atoms with van der Waals surface area (Å²) in [5, 5.41) is 13.0. The molecule has 1 N–H and O–H groups in total. The Bertz CT molecular complexity index is 1660. The fraction of sp³-hybridized carbons (Fsp3) is 0.306. The molecule has 0 aromatic heterocycles. The van der Waals surface area contributed by atoms with Gasteiger partial charge in [0.05, 0.1) is 6.54 Å². The van der Waals surface area contributed by atoms with E-state index in [0.29, 0.717) is 19.4 Å². The second kappa shape index (κ2) is 13.4. The van der Waals surface area contributed by atoms with E-state index in [1.807, 2.05) is 79.7 Å². The third-order valence-corrected chi connectivity index (χ3v) is 8.49. The molecule has 0 bridgehead atoms. The van der Waals surface area contributed by atoms with Gasteiger partial charge in [-0.2, -0.15) is 5.06 Å². The van der Waals surface area contributed by atoms with E-state index in [-0.39, 0.29) is 37.1 Å². The van der Waals surface area contributed by atoms with Crippen molar-refractivity contribution >= 4 is 28.7 Å². The summed E-state index contributed by atoms with van der Waals surface area (Å²) in [5.74, 6) is -0.417. The minimum Gasteiger partial charge on any atom is -0.508 e. The predicted molar refractivity (Wildman–Crippen MR) is 168 cm³/mol. The molecular weight excluding hydrogens is 570 g/mol. The molecule has 1 unspecified atom stereocenters. The molecule has 2 saturated heterocycles. The first-order valence-electron chi connectivity index (χ1n) is 15.4. The van der Waals surface area contributed by atoms with E-state index in [1.165, 1.54) is 9.96 Å². The lowest BCUT2D eigenvalue weighted by atomic mass is 9.97. The predicted octanol–water partition coefficient (Wildman–Crippen LogP) is 5.80. The molecule has 2 aliphatic rings.